The van der Waals surface area contributed by atoms with Crippen LogP contribution in [0.5, 0.6) is 5.75 Å². The van der Waals surface area contributed by atoms with E-state index in [1.165, 1.54) is 24.3 Å². The first-order valence-electron chi connectivity index (χ1n) is 3.43. The molecule has 0 bridgehead atoms. The number of hydrogen-bond acceptors (Lipinski definition) is 4. The molecule has 0 fully saturated rings. The highest BCUT2D eigenvalue weighted by Crippen LogP contribution is 2.15. The summed E-state index contributed by atoms with van der Waals surface area (Å²) in [4.78, 5) is 10.3. The minimum atomic E-state index is -0.879. The smallest absolute Gasteiger partial charge is 0.332 e. The first-order valence-corrected chi connectivity index (χ1v) is 3.43. The summed E-state index contributed by atoms with van der Waals surface area (Å²) in [7, 11) is 0. The summed E-state index contributed by atoms with van der Waals surface area (Å²) in [5.41, 5.74) is 6.97. The summed E-state index contributed by atoms with van der Waals surface area (Å²) in [6, 6.07) is 4.66. The number of nitrogens with one attached hydrogen (secondary N) is 1. The monoisotopic (exact) mass is 183 g/mol. The standard InChI is InChI=1S/C7H9N3O3/c8-7(12)9-10(13)5-1-3-6(11)4-2-5/h1-4,11,13H,(H3,8,9,12). The van der Waals surface area contributed by atoms with Crippen LogP contribution >= 0.6 is 0 Å². The SMILES string of the molecule is NC(=O)NN(O)c1ccc(O)cc1. The van der Waals surface area contributed by atoms with Gasteiger partial charge in [0.05, 0.1) is 5.69 Å². The highest BCUT2D eigenvalue weighted by Gasteiger charge is 2.03. The van der Waals surface area contributed by atoms with Crippen molar-refractivity contribution in [1.29, 1.82) is 0 Å². The number of aromatic hydroxyl groups is 1. The summed E-state index contributed by atoms with van der Waals surface area (Å²) in [6.07, 6.45) is 0. The highest BCUT2D eigenvalue weighted by atomic mass is 16.5. The Bertz CT molecular complexity index is 298. The van der Waals surface area contributed by atoms with E-state index < -0.39 is 6.03 Å². The Morgan fingerprint density at radius 3 is 2.38 bits per heavy atom. The Labute approximate surface area is 74.1 Å². The third kappa shape index (κ3) is 2.53. The maximum atomic E-state index is 10.3. The van der Waals surface area contributed by atoms with Crippen LogP contribution in [0.3, 0.4) is 0 Å². The van der Waals surface area contributed by atoms with E-state index in [1.807, 2.05) is 5.43 Å². The van der Waals surface area contributed by atoms with Gasteiger partial charge in [0.1, 0.15) is 5.75 Å². The molecule has 0 aliphatic carbocycles. The molecule has 1 rings (SSSR count). The summed E-state index contributed by atoms with van der Waals surface area (Å²) in [5.74, 6) is 0.0659. The van der Waals surface area contributed by atoms with Gasteiger partial charge in [0, 0.05) is 0 Å². The molecule has 0 aliphatic heterocycles. The Balaban J connectivity index is 2.71. The number of urea groups is 1. The molecule has 0 unspecified atom stereocenters. The zero-order valence-corrected chi connectivity index (χ0v) is 6.64. The van der Waals surface area contributed by atoms with Gasteiger partial charge in [-0.2, -0.15) is 5.17 Å². The number of benzene rings is 1. The van der Waals surface area contributed by atoms with Crippen LogP contribution in [0.2, 0.25) is 0 Å². The third-order valence-electron chi connectivity index (χ3n) is 1.31. The van der Waals surface area contributed by atoms with Crippen LogP contribution in [-0.4, -0.2) is 16.3 Å². The molecule has 13 heavy (non-hydrogen) atoms. The van der Waals surface area contributed by atoms with Crippen LogP contribution < -0.4 is 16.3 Å². The topological polar surface area (TPSA) is 98.8 Å². The first kappa shape index (κ1) is 9.14. The maximum Gasteiger partial charge on any atom is 0.332 e. The number of hydrogen-bond donors (Lipinski definition) is 4. The molecule has 0 radical (unpaired) electrons. The lowest BCUT2D eigenvalue weighted by Crippen LogP contribution is -2.43. The number of nitrogens with two attached hydrogens (primary N) is 1. The van der Waals surface area contributed by atoms with Crippen molar-refractivity contribution in [3.05, 3.63) is 24.3 Å². The van der Waals surface area contributed by atoms with Gasteiger partial charge in [0.15, 0.2) is 0 Å². The predicted molar refractivity (Wildman–Crippen MR) is 45.1 cm³/mol. The van der Waals surface area contributed by atoms with Crippen molar-refractivity contribution < 1.29 is 15.1 Å². The number of nitrogens with zero attached hydrogens (tertiary/aromatic N) is 1. The van der Waals surface area contributed by atoms with Gasteiger partial charge < -0.3 is 10.8 Å². The number of carbonyl (C=O) groups is 1. The maximum absolute atomic E-state index is 10.3. The number of amides is 2. The van der Waals surface area contributed by atoms with Crippen LogP contribution in [-0.2, 0) is 0 Å². The number of phenolic OH excluding ortho intramolecular Hbond substituents is 1. The van der Waals surface area contributed by atoms with Gasteiger partial charge in [-0.3, -0.25) is 5.21 Å². The molecule has 0 atom stereocenters. The molecule has 1 aromatic carbocycles. The Hall–Kier alpha value is -1.95. The van der Waals surface area contributed by atoms with Crippen LogP contribution in [0.15, 0.2) is 24.3 Å². The van der Waals surface area contributed by atoms with E-state index in [-0.39, 0.29) is 11.4 Å². The number of rotatable bonds is 2. The van der Waals surface area contributed by atoms with Gasteiger partial charge in [-0.25, -0.2) is 10.2 Å². The fraction of sp³-hybridized carbons (Fsp3) is 0. The molecule has 0 aromatic heterocycles. The molecular formula is C7H9N3O3. The van der Waals surface area contributed by atoms with Crippen LogP contribution in [0.25, 0.3) is 0 Å². The molecule has 1 aromatic rings. The van der Waals surface area contributed by atoms with E-state index in [2.05, 4.69) is 0 Å². The van der Waals surface area contributed by atoms with E-state index in [0.717, 1.165) is 0 Å². The number of anilines is 1. The fourth-order valence-corrected chi connectivity index (χ4v) is 0.763. The summed E-state index contributed by atoms with van der Waals surface area (Å²) in [5, 5.41) is 18.5. The van der Waals surface area contributed by atoms with Gasteiger partial charge in [-0.05, 0) is 24.3 Å². The average Bonchev–Trinajstić information content (AvgIpc) is 2.04. The Morgan fingerprint density at radius 1 is 1.38 bits per heavy atom. The quantitative estimate of drug-likeness (QED) is 0.491. The van der Waals surface area contributed by atoms with Crippen molar-refractivity contribution in [2.24, 2.45) is 5.73 Å². The van der Waals surface area contributed by atoms with Gasteiger partial charge in [-0.15, -0.1) is 0 Å². The minimum absolute atomic E-state index is 0.0659. The molecule has 0 saturated heterocycles. The van der Waals surface area contributed by atoms with E-state index in [4.69, 9.17) is 16.0 Å². The van der Waals surface area contributed by atoms with Crippen molar-refractivity contribution in [1.82, 2.24) is 5.43 Å². The van der Waals surface area contributed by atoms with Gasteiger partial charge in [0.2, 0.25) is 0 Å². The van der Waals surface area contributed by atoms with Gasteiger partial charge >= 0.3 is 6.03 Å². The molecule has 0 saturated carbocycles. The van der Waals surface area contributed by atoms with E-state index in [0.29, 0.717) is 5.17 Å². The fourth-order valence-electron chi connectivity index (χ4n) is 0.763. The lowest BCUT2D eigenvalue weighted by molar-refractivity contribution is 0.201. The lowest BCUT2D eigenvalue weighted by Gasteiger charge is -2.15. The zero-order valence-electron chi connectivity index (χ0n) is 6.64. The molecule has 0 aliphatic rings. The van der Waals surface area contributed by atoms with Crippen molar-refractivity contribution in [2.75, 3.05) is 5.17 Å². The van der Waals surface area contributed by atoms with Crippen molar-refractivity contribution in [3.63, 3.8) is 0 Å². The summed E-state index contributed by atoms with van der Waals surface area (Å²) < 4.78 is 0. The van der Waals surface area contributed by atoms with Crippen molar-refractivity contribution in [3.8, 4) is 5.75 Å². The molecule has 2 amide bonds. The molecule has 0 spiro atoms. The van der Waals surface area contributed by atoms with Crippen molar-refractivity contribution >= 4 is 11.7 Å². The molecule has 0 heterocycles. The minimum Gasteiger partial charge on any atom is -0.508 e. The van der Waals surface area contributed by atoms with E-state index in [9.17, 15) is 4.79 Å². The number of carbonyl (C=O) groups excluding carboxylic acids is 1. The van der Waals surface area contributed by atoms with E-state index >= 15 is 0 Å². The molecular weight excluding hydrogens is 174 g/mol. The van der Waals surface area contributed by atoms with Gasteiger partial charge in [0.25, 0.3) is 0 Å². The summed E-state index contributed by atoms with van der Waals surface area (Å²) >= 11 is 0. The second-order valence-corrected chi connectivity index (χ2v) is 2.30. The third-order valence-corrected chi connectivity index (χ3v) is 1.31. The van der Waals surface area contributed by atoms with Gasteiger partial charge in [-0.1, -0.05) is 0 Å². The summed E-state index contributed by atoms with van der Waals surface area (Å²) in [6.45, 7) is 0. The number of hydrazine groups is 1. The molecule has 6 nitrogen and oxygen atoms in total. The van der Waals surface area contributed by atoms with E-state index in [1.54, 1.807) is 0 Å². The van der Waals surface area contributed by atoms with Crippen LogP contribution in [0.1, 0.15) is 0 Å². The Kier molecular flexibility index (Phi) is 2.56. The first-order chi connectivity index (χ1) is 6.09. The Morgan fingerprint density at radius 2 is 1.92 bits per heavy atom. The second kappa shape index (κ2) is 3.63. The molecule has 70 valence electrons. The normalized spacial score (nSPS) is 9.31. The lowest BCUT2D eigenvalue weighted by atomic mass is 10.3. The highest BCUT2D eigenvalue weighted by molar-refractivity contribution is 5.73. The van der Waals surface area contributed by atoms with Crippen molar-refractivity contribution in [2.45, 2.75) is 0 Å². The number of primary amides is 1. The van der Waals surface area contributed by atoms with Crippen LogP contribution in [0.4, 0.5) is 10.5 Å². The molecule has 5 N–H and O–H groups in total. The second-order valence-electron chi connectivity index (χ2n) is 2.30. The predicted octanol–water partition coefficient (Wildman–Crippen LogP) is 0.171. The molecule has 6 heteroatoms. The largest absolute Gasteiger partial charge is 0.508 e. The van der Waals surface area contributed by atoms with Crippen LogP contribution in [0, 0.1) is 0 Å². The average molecular weight is 183 g/mol. The number of phenols is 1. The zero-order chi connectivity index (χ0) is 9.84.